The third-order valence-electron chi connectivity index (χ3n) is 5.96. The molecule has 2 aliphatic rings. The molecule has 30 heavy (non-hydrogen) atoms. The Kier molecular flexibility index (Phi) is 6.26. The second-order valence-corrected chi connectivity index (χ2v) is 7.99. The highest BCUT2D eigenvalue weighted by atomic mass is 16.5. The van der Waals surface area contributed by atoms with Crippen LogP contribution in [0.1, 0.15) is 49.1 Å². The standard InChI is InChI=1S/C25H29NO4/c1-28-22-9-5-6-17(13-22)12-19-14-20(16-26-25(19)27)18-10-11-23(29-2)24(15-18)30-21-7-3-4-8-21/h5-6,9-13,15,20-21H,3-4,7-8,14,16H2,1-2H3,(H,26,27). The predicted molar refractivity (Wildman–Crippen MR) is 117 cm³/mol. The molecule has 5 nitrogen and oxygen atoms in total. The zero-order chi connectivity index (χ0) is 20.9. The van der Waals surface area contributed by atoms with Gasteiger partial charge in [0.25, 0.3) is 0 Å². The summed E-state index contributed by atoms with van der Waals surface area (Å²) in [5.74, 6) is 2.53. The van der Waals surface area contributed by atoms with E-state index in [0.29, 0.717) is 13.0 Å². The van der Waals surface area contributed by atoms with E-state index in [4.69, 9.17) is 14.2 Å². The zero-order valence-corrected chi connectivity index (χ0v) is 17.6. The number of hydrogen-bond acceptors (Lipinski definition) is 4. The first-order chi connectivity index (χ1) is 14.7. The van der Waals surface area contributed by atoms with Crippen LogP contribution in [0.3, 0.4) is 0 Å². The summed E-state index contributed by atoms with van der Waals surface area (Å²) in [5, 5.41) is 3.04. The Morgan fingerprint density at radius 1 is 1.00 bits per heavy atom. The van der Waals surface area contributed by atoms with Gasteiger partial charge in [-0.2, -0.15) is 0 Å². The summed E-state index contributed by atoms with van der Waals surface area (Å²) >= 11 is 0. The molecule has 2 fully saturated rings. The minimum atomic E-state index is -0.00925. The largest absolute Gasteiger partial charge is 0.497 e. The third-order valence-corrected chi connectivity index (χ3v) is 5.96. The van der Waals surface area contributed by atoms with E-state index >= 15 is 0 Å². The average Bonchev–Trinajstić information content (AvgIpc) is 3.28. The molecule has 1 saturated carbocycles. The topological polar surface area (TPSA) is 56.8 Å². The molecule has 0 radical (unpaired) electrons. The lowest BCUT2D eigenvalue weighted by Gasteiger charge is -2.26. The number of ether oxygens (including phenoxy) is 3. The fourth-order valence-corrected chi connectivity index (χ4v) is 4.28. The van der Waals surface area contributed by atoms with Gasteiger partial charge in [0.1, 0.15) is 5.75 Å². The lowest BCUT2D eigenvalue weighted by Crippen LogP contribution is -2.35. The van der Waals surface area contributed by atoms with Crippen LogP contribution in [-0.4, -0.2) is 32.8 Å². The molecule has 158 valence electrons. The van der Waals surface area contributed by atoms with Crippen LogP contribution in [0, 0.1) is 0 Å². The van der Waals surface area contributed by atoms with Crippen molar-refractivity contribution in [2.75, 3.05) is 20.8 Å². The lowest BCUT2D eigenvalue weighted by molar-refractivity contribution is -0.118. The summed E-state index contributed by atoms with van der Waals surface area (Å²) in [6.45, 7) is 0.615. The fraction of sp³-hybridized carbons (Fsp3) is 0.400. The second kappa shape index (κ2) is 9.24. The van der Waals surface area contributed by atoms with Crippen molar-refractivity contribution in [1.29, 1.82) is 0 Å². The van der Waals surface area contributed by atoms with Crippen molar-refractivity contribution in [2.24, 2.45) is 0 Å². The number of carbonyl (C=O) groups excluding carboxylic acids is 1. The van der Waals surface area contributed by atoms with Gasteiger partial charge < -0.3 is 19.5 Å². The van der Waals surface area contributed by atoms with E-state index in [1.807, 2.05) is 36.4 Å². The first-order valence-corrected chi connectivity index (χ1v) is 10.6. The molecule has 0 bridgehead atoms. The van der Waals surface area contributed by atoms with Crippen molar-refractivity contribution in [1.82, 2.24) is 5.32 Å². The van der Waals surface area contributed by atoms with Crippen molar-refractivity contribution in [2.45, 2.75) is 44.1 Å². The normalized spacial score (nSPS) is 20.8. The van der Waals surface area contributed by atoms with E-state index in [9.17, 15) is 4.79 Å². The smallest absolute Gasteiger partial charge is 0.247 e. The molecule has 1 amide bonds. The molecule has 1 aliphatic carbocycles. The minimum absolute atomic E-state index is 0.00925. The summed E-state index contributed by atoms with van der Waals surface area (Å²) in [6, 6.07) is 13.9. The summed E-state index contributed by atoms with van der Waals surface area (Å²) in [4.78, 5) is 12.5. The van der Waals surface area contributed by atoms with E-state index in [1.54, 1.807) is 14.2 Å². The van der Waals surface area contributed by atoms with Gasteiger partial charge in [-0.05, 0) is 73.6 Å². The van der Waals surface area contributed by atoms with Crippen LogP contribution >= 0.6 is 0 Å². The highest BCUT2D eigenvalue weighted by molar-refractivity contribution is 5.98. The molecular formula is C25H29NO4. The highest BCUT2D eigenvalue weighted by Crippen LogP contribution is 2.36. The number of nitrogens with one attached hydrogen (secondary N) is 1. The summed E-state index contributed by atoms with van der Waals surface area (Å²) in [7, 11) is 3.32. The molecule has 4 rings (SSSR count). The van der Waals surface area contributed by atoms with Crippen LogP contribution in [0.25, 0.3) is 6.08 Å². The molecule has 1 heterocycles. The van der Waals surface area contributed by atoms with Gasteiger partial charge in [-0.1, -0.05) is 18.2 Å². The zero-order valence-electron chi connectivity index (χ0n) is 17.6. The summed E-state index contributed by atoms with van der Waals surface area (Å²) in [6.07, 6.45) is 7.53. The van der Waals surface area contributed by atoms with E-state index < -0.39 is 0 Å². The van der Waals surface area contributed by atoms with E-state index in [1.165, 1.54) is 12.8 Å². The Hall–Kier alpha value is -2.95. The van der Waals surface area contributed by atoms with Gasteiger partial charge in [0.2, 0.25) is 5.91 Å². The number of hydrogen-bond donors (Lipinski definition) is 1. The highest BCUT2D eigenvalue weighted by Gasteiger charge is 2.26. The number of methoxy groups -OCH3 is 2. The van der Waals surface area contributed by atoms with Gasteiger partial charge in [0, 0.05) is 18.0 Å². The Balaban J connectivity index is 1.56. The molecule has 1 unspecified atom stereocenters. The number of rotatable bonds is 6. The maximum atomic E-state index is 12.5. The molecular weight excluding hydrogens is 378 g/mol. The quantitative estimate of drug-likeness (QED) is 0.705. The van der Waals surface area contributed by atoms with Crippen molar-refractivity contribution in [3.8, 4) is 17.2 Å². The number of carbonyl (C=O) groups is 1. The Bertz CT molecular complexity index is 930. The molecule has 0 spiro atoms. The monoisotopic (exact) mass is 407 g/mol. The predicted octanol–water partition coefficient (Wildman–Crippen LogP) is 4.71. The Morgan fingerprint density at radius 2 is 1.83 bits per heavy atom. The van der Waals surface area contributed by atoms with Crippen LogP contribution in [0.15, 0.2) is 48.0 Å². The van der Waals surface area contributed by atoms with E-state index in [2.05, 4.69) is 17.4 Å². The maximum Gasteiger partial charge on any atom is 0.247 e. The van der Waals surface area contributed by atoms with E-state index in [-0.39, 0.29) is 17.9 Å². The van der Waals surface area contributed by atoms with Gasteiger partial charge in [-0.3, -0.25) is 4.79 Å². The summed E-state index contributed by atoms with van der Waals surface area (Å²) in [5.41, 5.74) is 2.88. The summed E-state index contributed by atoms with van der Waals surface area (Å²) < 4.78 is 17.1. The van der Waals surface area contributed by atoms with Gasteiger partial charge in [-0.25, -0.2) is 0 Å². The Morgan fingerprint density at radius 3 is 2.60 bits per heavy atom. The Labute approximate surface area is 178 Å². The van der Waals surface area contributed by atoms with Gasteiger partial charge in [-0.15, -0.1) is 0 Å². The molecule has 0 aromatic heterocycles. The average molecular weight is 408 g/mol. The third kappa shape index (κ3) is 4.61. The van der Waals surface area contributed by atoms with Gasteiger partial charge >= 0.3 is 0 Å². The fourth-order valence-electron chi connectivity index (χ4n) is 4.28. The van der Waals surface area contributed by atoms with Crippen molar-refractivity contribution in [3.63, 3.8) is 0 Å². The number of amides is 1. The van der Waals surface area contributed by atoms with Crippen LogP contribution in [0.5, 0.6) is 17.2 Å². The van der Waals surface area contributed by atoms with Crippen LogP contribution in [0.4, 0.5) is 0 Å². The first-order valence-electron chi connectivity index (χ1n) is 10.6. The molecule has 1 saturated heterocycles. The number of benzene rings is 2. The molecule has 2 aromatic rings. The molecule has 1 N–H and O–H groups in total. The van der Waals surface area contributed by atoms with Gasteiger partial charge in [0.15, 0.2) is 11.5 Å². The maximum absolute atomic E-state index is 12.5. The van der Waals surface area contributed by atoms with Crippen molar-refractivity contribution < 1.29 is 19.0 Å². The van der Waals surface area contributed by atoms with Crippen molar-refractivity contribution >= 4 is 12.0 Å². The molecule has 1 atom stereocenters. The van der Waals surface area contributed by atoms with Gasteiger partial charge in [0.05, 0.1) is 20.3 Å². The van der Waals surface area contributed by atoms with Crippen LogP contribution in [0.2, 0.25) is 0 Å². The number of piperidine rings is 1. The second-order valence-electron chi connectivity index (χ2n) is 7.99. The molecule has 2 aromatic carbocycles. The molecule has 5 heteroatoms. The van der Waals surface area contributed by atoms with E-state index in [0.717, 1.165) is 46.8 Å². The first kappa shape index (κ1) is 20.3. The van der Waals surface area contributed by atoms with Crippen LogP contribution < -0.4 is 19.5 Å². The van der Waals surface area contributed by atoms with Crippen LogP contribution in [-0.2, 0) is 4.79 Å². The lowest BCUT2D eigenvalue weighted by atomic mass is 9.87. The minimum Gasteiger partial charge on any atom is -0.497 e. The molecule has 1 aliphatic heterocycles. The SMILES string of the molecule is COc1cccc(C=C2CC(c3ccc(OC)c(OC4CCCC4)c3)CNC2=O)c1. The van der Waals surface area contributed by atoms with Crippen molar-refractivity contribution in [3.05, 3.63) is 59.2 Å².